The minimum atomic E-state index is 0.367. The summed E-state index contributed by atoms with van der Waals surface area (Å²) < 4.78 is 2.29. The minimum Gasteiger partial charge on any atom is -0.306 e. The van der Waals surface area contributed by atoms with E-state index in [0.29, 0.717) is 17.7 Å². The first kappa shape index (κ1) is 15.4. The normalized spacial score (nSPS) is 24.8. The number of rotatable bonds is 2. The molecule has 0 radical (unpaired) electrons. The van der Waals surface area contributed by atoms with Gasteiger partial charge in [0.05, 0.1) is 17.3 Å². The molecule has 0 unspecified atom stereocenters. The standard InChI is InChI=1S/C19H29N3O/c1-21-12-10-15(11-13-21)22-16-8-5-9-17(23)18(16)19(20-22)14-6-3-2-4-7-14/h14-15H,2-13H2,1H3. The fraction of sp³-hybridized carbons (Fsp3) is 0.789. The molecule has 126 valence electrons. The molecule has 1 aliphatic heterocycles. The molecule has 0 atom stereocenters. The fourth-order valence-corrected chi connectivity index (χ4v) is 4.78. The van der Waals surface area contributed by atoms with E-state index >= 15 is 0 Å². The molecule has 0 N–H and O–H groups in total. The van der Waals surface area contributed by atoms with Crippen molar-refractivity contribution in [2.45, 2.75) is 76.2 Å². The summed E-state index contributed by atoms with van der Waals surface area (Å²) in [5, 5.41) is 5.09. The van der Waals surface area contributed by atoms with Crippen LogP contribution in [0.2, 0.25) is 0 Å². The molecule has 0 aromatic carbocycles. The van der Waals surface area contributed by atoms with Crippen molar-refractivity contribution < 1.29 is 4.79 Å². The second kappa shape index (κ2) is 6.39. The maximum atomic E-state index is 12.6. The van der Waals surface area contributed by atoms with Crippen LogP contribution in [0.15, 0.2) is 0 Å². The molecule has 2 aliphatic carbocycles. The number of hydrogen-bond donors (Lipinski definition) is 0. The molecule has 1 aromatic heterocycles. The molecule has 23 heavy (non-hydrogen) atoms. The Morgan fingerprint density at radius 1 is 0.957 bits per heavy atom. The lowest BCUT2D eigenvalue weighted by Crippen LogP contribution is -2.32. The third-order valence-electron chi connectivity index (χ3n) is 6.16. The van der Waals surface area contributed by atoms with Gasteiger partial charge in [0, 0.05) is 18.0 Å². The molecule has 2 fully saturated rings. The first-order chi connectivity index (χ1) is 11.2. The number of aromatic nitrogens is 2. The summed E-state index contributed by atoms with van der Waals surface area (Å²) in [6.07, 6.45) is 11.5. The van der Waals surface area contributed by atoms with Crippen LogP contribution in [0.3, 0.4) is 0 Å². The van der Waals surface area contributed by atoms with Crippen LogP contribution < -0.4 is 0 Å². The SMILES string of the molecule is CN1CCC(n2nc(C3CCCCC3)c3c2CCCC3=O)CC1. The van der Waals surface area contributed by atoms with Gasteiger partial charge in [-0.1, -0.05) is 19.3 Å². The lowest BCUT2D eigenvalue weighted by Gasteiger charge is -2.30. The number of likely N-dealkylation sites (tertiary alicyclic amines) is 1. The first-order valence-corrected chi connectivity index (χ1v) is 9.57. The Hall–Kier alpha value is -1.16. The zero-order chi connectivity index (χ0) is 15.8. The Labute approximate surface area is 139 Å². The largest absolute Gasteiger partial charge is 0.306 e. The summed E-state index contributed by atoms with van der Waals surface area (Å²) in [7, 11) is 2.20. The molecule has 4 nitrogen and oxygen atoms in total. The zero-order valence-electron chi connectivity index (χ0n) is 14.4. The summed E-state index contributed by atoms with van der Waals surface area (Å²) in [5.41, 5.74) is 3.49. The monoisotopic (exact) mass is 315 g/mol. The second-order valence-electron chi connectivity index (χ2n) is 7.80. The van der Waals surface area contributed by atoms with Gasteiger partial charge in [-0.25, -0.2) is 0 Å². The maximum absolute atomic E-state index is 12.6. The van der Waals surface area contributed by atoms with Crippen molar-refractivity contribution in [2.75, 3.05) is 20.1 Å². The molecule has 1 saturated heterocycles. The van der Waals surface area contributed by atoms with Gasteiger partial charge in [0.15, 0.2) is 5.78 Å². The van der Waals surface area contributed by atoms with Crippen molar-refractivity contribution in [1.29, 1.82) is 0 Å². The van der Waals surface area contributed by atoms with Crippen molar-refractivity contribution in [3.05, 3.63) is 17.0 Å². The summed E-state index contributed by atoms with van der Waals surface area (Å²) in [6.45, 7) is 2.29. The van der Waals surface area contributed by atoms with E-state index in [1.54, 1.807) is 0 Å². The predicted molar refractivity (Wildman–Crippen MR) is 91.1 cm³/mol. The number of piperidine rings is 1. The van der Waals surface area contributed by atoms with Crippen LogP contribution in [0.25, 0.3) is 0 Å². The Balaban J connectivity index is 1.70. The van der Waals surface area contributed by atoms with Gasteiger partial charge in [-0.2, -0.15) is 5.10 Å². The summed E-state index contributed by atoms with van der Waals surface area (Å²) in [4.78, 5) is 15.0. The molecule has 0 spiro atoms. The third-order valence-corrected chi connectivity index (χ3v) is 6.16. The first-order valence-electron chi connectivity index (χ1n) is 9.57. The number of Topliss-reactive ketones (excluding diaryl/α,β-unsaturated/α-hetero) is 1. The Bertz CT molecular complexity index is 578. The third kappa shape index (κ3) is 2.86. The molecular formula is C19H29N3O. The predicted octanol–water partition coefficient (Wildman–Crippen LogP) is 3.72. The van der Waals surface area contributed by atoms with Crippen LogP contribution in [0.5, 0.6) is 0 Å². The van der Waals surface area contributed by atoms with Crippen molar-refractivity contribution in [3.8, 4) is 0 Å². The summed E-state index contributed by atoms with van der Waals surface area (Å²) >= 11 is 0. The number of ketones is 1. The van der Waals surface area contributed by atoms with Gasteiger partial charge in [-0.15, -0.1) is 0 Å². The quantitative estimate of drug-likeness (QED) is 0.835. The molecule has 0 amide bonds. The molecule has 2 heterocycles. The number of carbonyl (C=O) groups excluding carboxylic acids is 1. The van der Waals surface area contributed by atoms with Crippen LogP contribution in [-0.4, -0.2) is 40.6 Å². The van der Waals surface area contributed by atoms with E-state index in [1.807, 2.05) is 0 Å². The highest BCUT2D eigenvalue weighted by Crippen LogP contribution is 2.38. The average molecular weight is 315 g/mol. The number of fused-ring (bicyclic) bond motifs is 1. The van der Waals surface area contributed by atoms with Crippen molar-refractivity contribution in [3.63, 3.8) is 0 Å². The van der Waals surface area contributed by atoms with Gasteiger partial charge in [-0.3, -0.25) is 9.48 Å². The number of hydrogen-bond acceptors (Lipinski definition) is 3. The summed E-state index contributed by atoms with van der Waals surface area (Å²) in [6, 6.07) is 0.503. The molecule has 0 bridgehead atoms. The Morgan fingerprint density at radius 2 is 1.70 bits per heavy atom. The van der Waals surface area contributed by atoms with E-state index in [9.17, 15) is 4.79 Å². The molecule has 4 rings (SSSR count). The highest BCUT2D eigenvalue weighted by Gasteiger charge is 2.33. The van der Waals surface area contributed by atoms with Crippen molar-refractivity contribution in [1.82, 2.24) is 14.7 Å². The van der Waals surface area contributed by atoms with Crippen molar-refractivity contribution >= 4 is 5.78 Å². The van der Waals surface area contributed by atoms with Crippen LogP contribution >= 0.6 is 0 Å². The van der Waals surface area contributed by atoms with Gasteiger partial charge in [0.25, 0.3) is 0 Å². The van der Waals surface area contributed by atoms with Gasteiger partial charge < -0.3 is 4.90 Å². The lowest BCUT2D eigenvalue weighted by atomic mass is 9.82. The average Bonchev–Trinajstić information content (AvgIpc) is 2.97. The lowest BCUT2D eigenvalue weighted by molar-refractivity contribution is 0.0969. The fourth-order valence-electron chi connectivity index (χ4n) is 4.78. The number of nitrogens with zero attached hydrogens (tertiary/aromatic N) is 3. The van der Waals surface area contributed by atoms with E-state index in [0.717, 1.165) is 37.9 Å². The van der Waals surface area contributed by atoms with Gasteiger partial charge >= 0.3 is 0 Å². The topological polar surface area (TPSA) is 38.1 Å². The van der Waals surface area contributed by atoms with Crippen LogP contribution in [0.4, 0.5) is 0 Å². The molecular weight excluding hydrogens is 286 g/mol. The van der Waals surface area contributed by atoms with Crippen LogP contribution in [0, 0.1) is 0 Å². The molecule has 1 saturated carbocycles. The molecule has 3 aliphatic rings. The van der Waals surface area contributed by atoms with E-state index in [2.05, 4.69) is 16.6 Å². The van der Waals surface area contributed by atoms with Crippen molar-refractivity contribution in [2.24, 2.45) is 0 Å². The van der Waals surface area contributed by atoms with Crippen LogP contribution in [-0.2, 0) is 6.42 Å². The van der Waals surface area contributed by atoms with Gasteiger partial charge in [0.1, 0.15) is 0 Å². The van der Waals surface area contributed by atoms with Crippen LogP contribution in [0.1, 0.15) is 91.5 Å². The molecule has 1 aromatic rings. The smallest absolute Gasteiger partial charge is 0.166 e. The highest BCUT2D eigenvalue weighted by atomic mass is 16.1. The van der Waals surface area contributed by atoms with E-state index in [-0.39, 0.29) is 0 Å². The van der Waals surface area contributed by atoms with Gasteiger partial charge in [0.2, 0.25) is 0 Å². The zero-order valence-corrected chi connectivity index (χ0v) is 14.4. The van der Waals surface area contributed by atoms with E-state index in [1.165, 1.54) is 56.3 Å². The number of carbonyl (C=O) groups is 1. The maximum Gasteiger partial charge on any atom is 0.166 e. The molecule has 4 heteroatoms. The Kier molecular flexibility index (Phi) is 4.27. The minimum absolute atomic E-state index is 0.367. The van der Waals surface area contributed by atoms with Gasteiger partial charge in [-0.05, 0) is 58.7 Å². The summed E-state index contributed by atoms with van der Waals surface area (Å²) in [5.74, 6) is 0.901. The second-order valence-corrected chi connectivity index (χ2v) is 7.80. The Morgan fingerprint density at radius 3 is 2.43 bits per heavy atom. The van der Waals surface area contributed by atoms with E-state index < -0.39 is 0 Å². The highest BCUT2D eigenvalue weighted by molar-refractivity contribution is 5.99. The van der Waals surface area contributed by atoms with E-state index in [4.69, 9.17) is 5.10 Å².